The van der Waals surface area contributed by atoms with Crippen LogP contribution in [0.25, 0.3) is 11.6 Å². The Bertz CT molecular complexity index is 1310. The summed E-state index contributed by atoms with van der Waals surface area (Å²) in [6.07, 6.45) is 9.29. The molecule has 0 amide bonds. The fourth-order valence-corrected chi connectivity index (χ4v) is 6.09. The van der Waals surface area contributed by atoms with Gasteiger partial charge in [0.1, 0.15) is 5.75 Å². The van der Waals surface area contributed by atoms with Crippen LogP contribution in [0.4, 0.5) is 0 Å². The fraction of sp³-hybridized carbons (Fsp3) is 0.444. The van der Waals surface area contributed by atoms with Gasteiger partial charge < -0.3 is 9.64 Å². The third-order valence-electron chi connectivity index (χ3n) is 8.72. The van der Waals surface area contributed by atoms with E-state index in [1.807, 2.05) is 0 Å². The number of aryl methyl sites for hydroxylation is 1. The van der Waals surface area contributed by atoms with Crippen molar-refractivity contribution in [1.82, 2.24) is 9.80 Å². The molecule has 208 valence electrons. The first-order valence-corrected chi connectivity index (χ1v) is 14.7. The summed E-state index contributed by atoms with van der Waals surface area (Å²) in [5.74, 6) is 1.55. The smallest absolute Gasteiger partial charge is 0.124 e. The summed E-state index contributed by atoms with van der Waals surface area (Å²) in [4.78, 5) is 4.71. The van der Waals surface area contributed by atoms with Gasteiger partial charge in [-0.15, -0.1) is 0 Å². The average Bonchev–Trinajstić information content (AvgIpc) is 2.92. The Labute approximate surface area is 237 Å². The molecule has 2 aromatic carbocycles. The normalized spacial score (nSPS) is 16.7. The zero-order valence-electron chi connectivity index (χ0n) is 25.6. The zero-order valence-corrected chi connectivity index (χ0v) is 25.6. The third kappa shape index (κ3) is 6.25. The molecule has 0 aliphatic carbocycles. The van der Waals surface area contributed by atoms with E-state index in [9.17, 15) is 0 Å². The second-order valence-electron chi connectivity index (χ2n) is 11.7. The molecule has 2 aliphatic rings. The van der Waals surface area contributed by atoms with Crippen LogP contribution in [-0.2, 0) is 13.0 Å². The van der Waals surface area contributed by atoms with E-state index in [-0.39, 0.29) is 0 Å². The lowest BCUT2D eigenvalue weighted by Crippen LogP contribution is -2.30. The van der Waals surface area contributed by atoms with Gasteiger partial charge in [0, 0.05) is 49.7 Å². The van der Waals surface area contributed by atoms with Gasteiger partial charge >= 0.3 is 0 Å². The van der Waals surface area contributed by atoms with E-state index in [1.165, 1.54) is 51.0 Å². The molecule has 0 spiro atoms. The molecule has 39 heavy (non-hydrogen) atoms. The first kappa shape index (κ1) is 29.0. The maximum absolute atomic E-state index is 5.96. The highest BCUT2D eigenvalue weighted by atomic mass is 16.5. The van der Waals surface area contributed by atoms with Crippen LogP contribution in [0.15, 0.2) is 65.5 Å². The van der Waals surface area contributed by atoms with Crippen molar-refractivity contribution in [3.8, 4) is 5.75 Å². The van der Waals surface area contributed by atoms with Gasteiger partial charge in [-0.1, -0.05) is 69.7 Å². The molecule has 0 aromatic heterocycles. The maximum Gasteiger partial charge on any atom is 0.124 e. The summed E-state index contributed by atoms with van der Waals surface area (Å²) in [6, 6.07) is 11.4. The Morgan fingerprint density at radius 1 is 1.03 bits per heavy atom. The Kier molecular flexibility index (Phi) is 9.23. The van der Waals surface area contributed by atoms with Gasteiger partial charge in [-0.05, 0) is 91.0 Å². The number of nitrogens with zero attached hydrogens (tertiary/aromatic N) is 2. The van der Waals surface area contributed by atoms with Crippen molar-refractivity contribution >= 4 is 11.6 Å². The highest BCUT2D eigenvalue weighted by molar-refractivity contribution is 5.83. The van der Waals surface area contributed by atoms with E-state index in [0.717, 1.165) is 50.3 Å². The summed E-state index contributed by atoms with van der Waals surface area (Å²) in [5, 5.41) is 0. The van der Waals surface area contributed by atoms with Gasteiger partial charge in [0.15, 0.2) is 0 Å². The molecular formula is C36H48N2O. The van der Waals surface area contributed by atoms with Gasteiger partial charge in [0.05, 0.1) is 7.11 Å². The molecule has 3 heteroatoms. The molecule has 1 saturated heterocycles. The second kappa shape index (κ2) is 12.4. The minimum absolute atomic E-state index is 0.565. The van der Waals surface area contributed by atoms with Crippen molar-refractivity contribution in [2.45, 2.75) is 79.7 Å². The van der Waals surface area contributed by atoms with Crippen molar-refractivity contribution in [3.63, 3.8) is 0 Å². The van der Waals surface area contributed by atoms with Gasteiger partial charge in [-0.25, -0.2) is 0 Å². The van der Waals surface area contributed by atoms with E-state index in [0.29, 0.717) is 5.92 Å². The number of piperidine rings is 1. The van der Waals surface area contributed by atoms with E-state index >= 15 is 0 Å². The van der Waals surface area contributed by atoms with E-state index < -0.39 is 0 Å². The minimum Gasteiger partial charge on any atom is -0.496 e. The summed E-state index contributed by atoms with van der Waals surface area (Å²) in [5.41, 5.74) is 14.7. The van der Waals surface area contributed by atoms with Crippen LogP contribution in [-0.4, -0.2) is 37.0 Å². The first-order valence-electron chi connectivity index (χ1n) is 14.7. The number of methoxy groups -OCH3 is 1. The van der Waals surface area contributed by atoms with Gasteiger partial charge in [-0.2, -0.15) is 0 Å². The van der Waals surface area contributed by atoms with Crippen LogP contribution < -0.4 is 4.74 Å². The molecule has 0 radical (unpaired) electrons. The Morgan fingerprint density at radius 3 is 2.38 bits per heavy atom. The first-order chi connectivity index (χ1) is 18.6. The van der Waals surface area contributed by atoms with Crippen LogP contribution in [0.2, 0.25) is 0 Å². The van der Waals surface area contributed by atoms with Gasteiger partial charge in [0.25, 0.3) is 0 Å². The molecule has 2 heterocycles. The number of benzene rings is 2. The second-order valence-corrected chi connectivity index (χ2v) is 11.7. The number of likely N-dealkylation sites (tertiary alicyclic amines) is 1. The van der Waals surface area contributed by atoms with Crippen molar-refractivity contribution in [2.75, 3.05) is 27.2 Å². The average molecular weight is 525 g/mol. The molecule has 0 bridgehead atoms. The maximum atomic E-state index is 5.96. The quantitative estimate of drug-likeness (QED) is 0.343. The highest BCUT2D eigenvalue weighted by Gasteiger charge is 2.22. The van der Waals surface area contributed by atoms with Crippen LogP contribution >= 0.6 is 0 Å². The van der Waals surface area contributed by atoms with Crippen molar-refractivity contribution in [1.29, 1.82) is 0 Å². The molecule has 2 aromatic rings. The van der Waals surface area contributed by atoms with Crippen molar-refractivity contribution in [2.24, 2.45) is 0 Å². The molecule has 0 atom stereocenters. The molecule has 0 N–H and O–H groups in total. The lowest BCUT2D eigenvalue weighted by molar-refractivity contribution is 0.244. The van der Waals surface area contributed by atoms with Crippen molar-refractivity contribution < 1.29 is 4.74 Å². The fourth-order valence-electron chi connectivity index (χ4n) is 6.09. The van der Waals surface area contributed by atoms with Crippen molar-refractivity contribution in [3.05, 3.63) is 98.9 Å². The van der Waals surface area contributed by atoms with Gasteiger partial charge in [0.2, 0.25) is 0 Å². The largest absolute Gasteiger partial charge is 0.496 e. The summed E-state index contributed by atoms with van der Waals surface area (Å²) in [6.45, 7) is 20.8. The summed E-state index contributed by atoms with van der Waals surface area (Å²) in [7, 11) is 3.87. The highest BCUT2D eigenvalue weighted by Crippen LogP contribution is 2.37. The Hall–Kier alpha value is -3.04. The minimum atomic E-state index is 0.565. The summed E-state index contributed by atoms with van der Waals surface area (Å²) >= 11 is 0. The summed E-state index contributed by atoms with van der Waals surface area (Å²) < 4.78 is 5.96. The number of likely N-dealkylation sites (N-methyl/N-ethyl adjacent to an activating group) is 1. The predicted molar refractivity (Wildman–Crippen MR) is 168 cm³/mol. The molecule has 4 rings (SSSR count). The van der Waals surface area contributed by atoms with Crippen LogP contribution in [0.3, 0.4) is 0 Å². The monoisotopic (exact) mass is 524 g/mol. The van der Waals surface area contributed by atoms with E-state index in [2.05, 4.69) is 108 Å². The van der Waals surface area contributed by atoms with Crippen LogP contribution in [0.5, 0.6) is 5.75 Å². The number of allylic oxidation sites excluding steroid dienone is 3. The zero-order chi connectivity index (χ0) is 28.3. The lowest BCUT2D eigenvalue weighted by Gasteiger charge is -2.31. The molecule has 2 aliphatic heterocycles. The third-order valence-corrected chi connectivity index (χ3v) is 8.72. The Balaban J connectivity index is 1.51. The van der Waals surface area contributed by atoms with Crippen LogP contribution in [0.1, 0.15) is 93.2 Å². The number of ether oxygens (including phenoxy) is 1. The number of hydrogen-bond acceptors (Lipinski definition) is 3. The van der Waals surface area contributed by atoms with Crippen LogP contribution in [0, 0.1) is 6.92 Å². The molecule has 0 unspecified atom stereocenters. The lowest BCUT2D eigenvalue weighted by atomic mass is 9.89. The molecule has 0 saturated carbocycles. The van der Waals surface area contributed by atoms with E-state index in [1.54, 1.807) is 18.2 Å². The van der Waals surface area contributed by atoms with E-state index in [4.69, 9.17) is 4.74 Å². The predicted octanol–water partition coefficient (Wildman–Crippen LogP) is 8.90. The molecular weight excluding hydrogens is 476 g/mol. The standard InChI is InChI=1S/C36H48N2O/c1-10-12-33-30(13-11-14-32(33)24(2)3)20-29-15-17-38(18-16-29)23-34-25(4)19-31(21-36(34)39-9)35-22-37(8)28(7)26(5)27(35)6/h11,13-14,19-22,24H,7,10,12,15-18,23H2,1-6,8-9H3. The SMILES string of the molecule is C=C1C(C)=C(C)C(c2cc(C)c(CN3CCC(=Cc4cccc(C(C)C)c4CCC)CC3)c(OC)c2)=CN1C. The number of rotatable bonds is 8. The Morgan fingerprint density at radius 2 is 1.74 bits per heavy atom. The molecule has 3 nitrogen and oxygen atoms in total. The molecule has 1 fully saturated rings. The number of hydrogen-bond donors (Lipinski definition) is 0. The van der Waals surface area contributed by atoms with Gasteiger partial charge in [-0.3, -0.25) is 4.90 Å². The topological polar surface area (TPSA) is 15.7 Å².